The van der Waals surface area contributed by atoms with Gasteiger partial charge in [0.05, 0.1) is 5.75 Å². The molecule has 0 heterocycles. The Labute approximate surface area is 100 Å². The van der Waals surface area contributed by atoms with Gasteiger partial charge in [-0.1, -0.05) is 20.8 Å². The van der Waals surface area contributed by atoms with Crippen molar-refractivity contribution < 1.29 is 8.42 Å². The summed E-state index contributed by atoms with van der Waals surface area (Å²) in [5.74, 6) is 1.10. The second-order valence-electron chi connectivity index (χ2n) is 4.63. The molecule has 0 aromatic heterocycles. The number of nitrogens with two attached hydrogens (primary N) is 1. The Hall–Kier alpha value is -0.130. The van der Waals surface area contributed by atoms with Crippen molar-refractivity contribution in [1.82, 2.24) is 4.90 Å². The zero-order valence-electron chi connectivity index (χ0n) is 10.8. The van der Waals surface area contributed by atoms with Crippen LogP contribution in [0.3, 0.4) is 0 Å². The molecule has 5 heteroatoms. The highest BCUT2D eigenvalue weighted by atomic mass is 32.2. The molecule has 0 aliphatic rings. The van der Waals surface area contributed by atoms with Crippen molar-refractivity contribution in [2.24, 2.45) is 11.7 Å². The summed E-state index contributed by atoms with van der Waals surface area (Å²) < 4.78 is 23.1. The lowest BCUT2D eigenvalue weighted by Gasteiger charge is -2.23. The summed E-state index contributed by atoms with van der Waals surface area (Å²) in [4.78, 5) is 2.14. The maximum absolute atomic E-state index is 11.6. The Morgan fingerprint density at radius 3 is 2.25 bits per heavy atom. The van der Waals surface area contributed by atoms with Gasteiger partial charge < -0.3 is 10.6 Å². The van der Waals surface area contributed by atoms with Crippen LogP contribution in [0.15, 0.2) is 0 Å². The molecule has 2 N–H and O–H groups in total. The molecule has 0 amide bonds. The highest BCUT2D eigenvalue weighted by Crippen LogP contribution is 2.00. The fourth-order valence-electron chi connectivity index (χ4n) is 1.67. The second kappa shape index (κ2) is 8.03. The maximum atomic E-state index is 11.6. The number of hydrogen-bond donors (Lipinski definition) is 1. The van der Waals surface area contributed by atoms with Gasteiger partial charge in [-0.3, -0.25) is 0 Å². The molecular weight excluding hydrogens is 224 g/mol. The average molecular weight is 250 g/mol. The molecule has 0 saturated carbocycles. The van der Waals surface area contributed by atoms with Gasteiger partial charge in [0.1, 0.15) is 0 Å². The number of hydrogen-bond acceptors (Lipinski definition) is 4. The Balaban J connectivity index is 4.10. The van der Waals surface area contributed by atoms with Crippen molar-refractivity contribution in [3.8, 4) is 0 Å². The van der Waals surface area contributed by atoms with Gasteiger partial charge in [0.25, 0.3) is 0 Å². The molecule has 0 bridgehead atoms. The predicted octanol–water partition coefficient (Wildman–Crippen LogP) is 0.728. The van der Waals surface area contributed by atoms with Gasteiger partial charge in [0, 0.05) is 31.9 Å². The standard InChI is InChI=1S/C11H26N2O2S/c1-4-8-16(14,15)9-7-13(6-5-12)10-11(2)3/h11H,4-10,12H2,1-3H3. The molecule has 4 nitrogen and oxygen atoms in total. The fraction of sp³-hybridized carbons (Fsp3) is 1.00. The molecule has 0 aromatic carbocycles. The van der Waals surface area contributed by atoms with Crippen LogP contribution in [0.2, 0.25) is 0 Å². The van der Waals surface area contributed by atoms with Crippen LogP contribution < -0.4 is 5.73 Å². The van der Waals surface area contributed by atoms with E-state index in [0.29, 0.717) is 31.2 Å². The van der Waals surface area contributed by atoms with E-state index in [1.165, 1.54) is 0 Å². The Morgan fingerprint density at radius 1 is 1.19 bits per heavy atom. The summed E-state index contributed by atoms with van der Waals surface area (Å²) in [5, 5.41) is 0. The molecule has 0 aliphatic carbocycles. The smallest absolute Gasteiger partial charge is 0.151 e. The third-order valence-corrected chi connectivity index (χ3v) is 4.14. The van der Waals surface area contributed by atoms with E-state index in [9.17, 15) is 8.42 Å². The van der Waals surface area contributed by atoms with Crippen molar-refractivity contribution in [2.75, 3.05) is 37.7 Å². The van der Waals surface area contributed by atoms with E-state index < -0.39 is 9.84 Å². The summed E-state index contributed by atoms with van der Waals surface area (Å²) in [6.45, 7) is 9.04. The van der Waals surface area contributed by atoms with Crippen LogP contribution in [0.4, 0.5) is 0 Å². The van der Waals surface area contributed by atoms with E-state index in [2.05, 4.69) is 18.7 Å². The molecule has 0 aromatic rings. The topological polar surface area (TPSA) is 63.4 Å². The molecule has 0 atom stereocenters. The quantitative estimate of drug-likeness (QED) is 0.655. The lowest BCUT2D eigenvalue weighted by Crippen LogP contribution is -2.36. The Kier molecular flexibility index (Phi) is 7.97. The highest BCUT2D eigenvalue weighted by molar-refractivity contribution is 7.91. The summed E-state index contributed by atoms with van der Waals surface area (Å²) in [6, 6.07) is 0. The van der Waals surface area contributed by atoms with Crippen LogP contribution in [0.5, 0.6) is 0 Å². The van der Waals surface area contributed by atoms with Crippen LogP contribution in [-0.4, -0.2) is 51.0 Å². The fourth-order valence-corrected chi connectivity index (χ4v) is 3.04. The SMILES string of the molecule is CCCS(=O)(=O)CCN(CCN)CC(C)C. The van der Waals surface area contributed by atoms with Crippen molar-refractivity contribution in [3.63, 3.8) is 0 Å². The molecule has 0 aliphatic heterocycles. The van der Waals surface area contributed by atoms with Crippen molar-refractivity contribution >= 4 is 9.84 Å². The summed E-state index contributed by atoms with van der Waals surface area (Å²) in [5.41, 5.74) is 5.51. The van der Waals surface area contributed by atoms with E-state index in [-0.39, 0.29) is 5.75 Å². The zero-order chi connectivity index (χ0) is 12.6. The Morgan fingerprint density at radius 2 is 1.81 bits per heavy atom. The van der Waals surface area contributed by atoms with Gasteiger partial charge in [0.15, 0.2) is 9.84 Å². The summed E-state index contributed by atoms with van der Waals surface area (Å²) in [7, 11) is -2.86. The summed E-state index contributed by atoms with van der Waals surface area (Å²) in [6.07, 6.45) is 0.698. The molecule has 16 heavy (non-hydrogen) atoms. The average Bonchev–Trinajstić information content (AvgIpc) is 2.14. The Bertz CT molecular complexity index is 263. The second-order valence-corrected chi connectivity index (χ2v) is 6.94. The highest BCUT2D eigenvalue weighted by Gasteiger charge is 2.13. The normalized spacial score (nSPS) is 12.6. The molecular formula is C11H26N2O2S. The largest absolute Gasteiger partial charge is 0.329 e. The van der Waals surface area contributed by atoms with Crippen LogP contribution >= 0.6 is 0 Å². The van der Waals surface area contributed by atoms with E-state index >= 15 is 0 Å². The van der Waals surface area contributed by atoms with E-state index in [1.54, 1.807) is 0 Å². The molecule has 0 radical (unpaired) electrons. The third kappa shape index (κ3) is 8.07. The van der Waals surface area contributed by atoms with Crippen LogP contribution in [0.1, 0.15) is 27.2 Å². The van der Waals surface area contributed by atoms with Crippen molar-refractivity contribution in [3.05, 3.63) is 0 Å². The number of rotatable bonds is 9. The number of nitrogens with zero attached hydrogens (tertiary/aromatic N) is 1. The van der Waals surface area contributed by atoms with Gasteiger partial charge >= 0.3 is 0 Å². The molecule has 0 unspecified atom stereocenters. The van der Waals surface area contributed by atoms with E-state index in [4.69, 9.17) is 5.73 Å². The van der Waals surface area contributed by atoms with Crippen LogP contribution in [0.25, 0.3) is 0 Å². The molecule has 0 saturated heterocycles. The van der Waals surface area contributed by atoms with E-state index in [1.807, 2.05) is 6.92 Å². The third-order valence-electron chi connectivity index (χ3n) is 2.30. The van der Waals surface area contributed by atoms with Gasteiger partial charge in [-0.15, -0.1) is 0 Å². The van der Waals surface area contributed by atoms with Gasteiger partial charge in [-0.25, -0.2) is 8.42 Å². The first-order valence-electron chi connectivity index (χ1n) is 6.04. The first-order valence-corrected chi connectivity index (χ1v) is 7.86. The monoisotopic (exact) mass is 250 g/mol. The molecule has 0 rings (SSSR count). The first-order chi connectivity index (χ1) is 7.41. The minimum atomic E-state index is -2.86. The first kappa shape index (κ1) is 15.9. The lowest BCUT2D eigenvalue weighted by molar-refractivity contribution is 0.264. The van der Waals surface area contributed by atoms with E-state index in [0.717, 1.165) is 13.1 Å². The number of sulfone groups is 1. The van der Waals surface area contributed by atoms with Crippen molar-refractivity contribution in [1.29, 1.82) is 0 Å². The molecule has 0 spiro atoms. The lowest BCUT2D eigenvalue weighted by atomic mass is 10.2. The molecule has 98 valence electrons. The van der Waals surface area contributed by atoms with Gasteiger partial charge in [-0.2, -0.15) is 0 Å². The molecule has 0 fully saturated rings. The zero-order valence-corrected chi connectivity index (χ0v) is 11.6. The van der Waals surface area contributed by atoms with Crippen LogP contribution in [-0.2, 0) is 9.84 Å². The predicted molar refractivity (Wildman–Crippen MR) is 69.3 cm³/mol. The summed E-state index contributed by atoms with van der Waals surface area (Å²) >= 11 is 0. The van der Waals surface area contributed by atoms with Crippen molar-refractivity contribution in [2.45, 2.75) is 27.2 Å². The minimum Gasteiger partial charge on any atom is -0.329 e. The maximum Gasteiger partial charge on any atom is 0.151 e. The van der Waals surface area contributed by atoms with Gasteiger partial charge in [-0.05, 0) is 12.3 Å². The minimum absolute atomic E-state index is 0.258. The van der Waals surface area contributed by atoms with Gasteiger partial charge in [0.2, 0.25) is 0 Å². The van der Waals surface area contributed by atoms with Crippen LogP contribution in [0, 0.1) is 5.92 Å².